The minimum absolute atomic E-state index is 0.249. The summed E-state index contributed by atoms with van der Waals surface area (Å²) in [5.41, 5.74) is 0.947. The predicted molar refractivity (Wildman–Crippen MR) is 147 cm³/mol. The second-order valence-corrected chi connectivity index (χ2v) is 8.84. The Kier molecular flexibility index (Phi) is 24.8. The third-order valence-corrected chi connectivity index (χ3v) is 5.52. The molecule has 0 atom stereocenters. The van der Waals surface area contributed by atoms with Crippen molar-refractivity contribution in [3.8, 4) is 0 Å². The number of benzene rings is 1. The lowest BCUT2D eigenvalue weighted by Crippen LogP contribution is -2.28. The number of unbranched alkanes of at least 4 members (excludes halogenated alkanes) is 3. The van der Waals surface area contributed by atoms with E-state index in [4.69, 9.17) is 33.2 Å². The molecule has 36 heavy (non-hydrogen) atoms. The highest BCUT2D eigenvalue weighted by Crippen LogP contribution is 2.02. The van der Waals surface area contributed by atoms with Crippen LogP contribution in [-0.2, 0) is 39.8 Å². The Morgan fingerprint density at radius 2 is 1.08 bits per heavy atom. The van der Waals surface area contributed by atoms with Crippen molar-refractivity contribution in [2.24, 2.45) is 0 Å². The van der Waals surface area contributed by atoms with Gasteiger partial charge in [-0.3, -0.25) is 0 Å². The highest BCUT2D eigenvalue weighted by Gasteiger charge is 2.01. The van der Waals surface area contributed by atoms with Gasteiger partial charge in [-0.15, -0.1) is 0 Å². The van der Waals surface area contributed by atoms with Gasteiger partial charge in [0.1, 0.15) is 6.61 Å². The van der Waals surface area contributed by atoms with Gasteiger partial charge in [0.15, 0.2) is 0 Å². The number of nitrogens with one attached hydrogen (secondary N) is 1. The van der Waals surface area contributed by atoms with E-state index in [9.17, 15) is 4.79 Å². The summed E-state index contributed by atoms with van der Waals surface area (Å²) in [6, 6.07) is 9.53. The maximum atomic E-state index is 11.6. The first-order chi connectivity index (χ1) is 17.8. The van der Waals surface area contributed by atoms with Gasteiger partial charge in [-0.05, 0) is 22.8 Å². The number of alkyl carbamates (subject to hydrolysis) is 1. The second kappa shape index (κ2) is 27.0. The van der Waals surface area contributed by atoms with Crippen molar-refractivity contribution in [1.82, 2.24) is 5.32 Å². The largest absolute Gasteiger partial charge is 0.445 e. The molecule has 0 aliphatic carbocycles. The van der Waals surface area contributed by atoms with E-state index in [2.05, 4.69) is 27.9 Å². The highest BCUT2D eigenvalue weighted by molar-refractivity contribution is 14.1. The van der Waals surface area contributed by atoms with E-state index in [1.165, 1.54) is 23.7 Å². The van der Waals surface area contributed by atoms with Crippen LogP contribution in [0.2, 0.25) is 0 Å². The van der Waals surface area contributed by atoms with Gasteiger partial charge in [-0.1, -0.05) is 65.8 Å². The molecule has 1 aromatic carbocycles. The monoisotopic (exact) mass is 625 g/mol. The fourth-order valence-electron chi connectivity index (χ4n) is 2.85. The van der Waals surface area contributed by atoms with Gasteiger partial charge < -0.3 is 38.5 Å². The maximum Gasteiger partial charge on any atom is 0.407 e. The first-order valence-electron chi connectivity index (χ1n) is 12.8. The molecule has 1 aromatic rings. The van der Waals surface area contributed by atoms with Crippen molar-refractivity contribution in [2.45, 2.75) is 32.3 Å². The van der Waals surface area contributed by atoms with Gasteiger partial charge in [-0.2, -0.15) is 0 Å². The molecule has 0 unspecified atom stereocenters. The fraction of sp³-hybridized carbons (Fsp3) is 0.731. The lowest BCUT2D eigenvalue weighted by Gasteiger charge is -2.09. The number of halogens is 1. The average Bonchev–Trinajstić information content (AvgIpc) is 2.90. The molecule has 0 saturated carbocycles. The third-order valence-electron chi connectivity index (χ3n) is 4.76. The Labute approximate surface area is 229 Å². The Morgan fingerprint density at radius 3 is 1.61 bits per heavy atom. The molecule has 0 radical (unpaired) electrons. The molecule has 0 bridgehead atoms. The molecule has 0 aromatic heterocycles. The van der Waals surface area contributed by atoms with Gasteiger partial charge in [0.25, 0.3) is 0 Å². The molecule has 208 valence electrons. The minimum Gasteiger partial charge on any atom is -0.445 e. The highest BCUT2D eigenvalue weighted by atomic mass is 127. The van der Waals surface area contributed by atoms with Crippen molar-refractivity contribution in [2.75, 3.05) is 90.3 Å². The smallest absolute Gasteiger partial charge is 0.407 e. The summed E-state index contributed by atoms with van der Waals surface area (Å²) in [5.74, 6) is 0. The molecule has 1 amide bonds. The number of rotatable bonds is 26. The Balaban J connectivity index is 1.68. The molecule has 1 rings (SSSR count). The van der Waals surface area contributed by atoms with Crippen LogP contribution < -0.4 is 5.32 Å². The predicted octanol–water partition coefficient (Wildman–Crippen LogP) is 4.01. The van der Waals surface area contributed by atoms with Crippen molar-refractivity contribution >= 4 is 28.7 Å². The van der Waals surface area contributed by atoms with Gasteiger partial charge in [0, 0.05) is 13.2 Å². The quantitative estimate of drug-likeness (QED) is 0.0939. The lowest BCUT2D eigenvalue weighted by atomic mass is 10.2. The van der Waals surface area contributed by atoms with Crippen molar-refractivity contribution in [1.29, 1.82) is 0 Å². The zero-order valence-corrected chi connectivity index (χ0v) is 23.6. The Morgan fingerprint density at radius 1 is 0.611 bits per heavy atom. The third kappa shape index (κ3) is 23.4. The number of ether oxygens (including phenoxy) is 7. The molecular formula is C26H44INO8. The molecule has 0 aliphatic rings. The van der Waals surface area contributed by atoms with E-state index >= 15 is 0 Å². The summed E-state index contributed by atoms with van der Waals surface area (Å²) in [5, 5.41) is 2.64. The molecule has 0 spiro atoms. The molecule has 0 heterocycles. The molecule has 10 heteroatoms. The van der Waals surface area contributed by atoms with Gasteiger partial charge >= 0.3 is 6.09 Å². The van der Waals surface area contributed by atoms with E-state index in [0.717, 1.165) is 18.6 Å². The fourth-order valence-corrected chi connectivity index (χ4v) is 3.39. The van der Waals surface area contributed by atoms with Crippen LogP contribution in [0.3, 0.4) is 0 Å². The summed E-state index contributed by atoms with van der Waals surface area (Å²) in [6.45, 7) is 7.17. The van der Waals surface area contributed by atoms with Crippen LogP contribution in [0, 0.1) is 0 Å². The van der Waals surface area contributed by atoms with Gasteiger partial charge in [-0.25, -0.2) is 4.79 Å². The lowest BCUT2D eigenvalue weighted by molar-refractivity contribution is -0.0167. The molecular weight excluding hydrogens is 581 g/mol. The van der Waals surface area contributed by atoms with E-state index in [1.54, 1.807) is 0 Å². The summed E-state index contributed by atoms with van der Waals surface area (Å²) in [6.07, 6.45) is 4.51. The van der Waals surface area contributed by atoms with E-state index in [1.807, 2.05) is 30.3 Å². The molecule has 9 nitrogen and oxygen atoms in total. The number of hydrogen-bond acceptors (Lipinski definition) is 8. The van der Waals surface area contributed by atoms with Crippen LogP contribution in [0.5, 0.6) is 0 Å². The second-order valence-electron chi connectivity index (χ2n) is 7.77. The maximum absolute atomic E-state index is 11.6. The van der Waals surface area contributed by atoms with Crippen molar-refractivity contribution < 1.29 is 38.0 Å². The summed E-state index contributed by atoms with van der Waals surface area (Å²) in [4.78, 5) is 11.6. The molecule has 0 aliphatic heterocycles. The number of carbonyl (C=O) groups is 1. The molecule has 0 fully saturated rings. The Bertz CT molecular complexity index is 597. The Hall–Kier alpha value is -1.02. The minimum atomic E-state index is -0.458. The number of carbonyl (C=O) groups excluding carboxylic acids is 1. The SMILES string of the molecule is O=C(NCCOCCOCCOCCOCCOCCOCCCCCCI)OCc1ccccc1. The number of amides is 1. The first kappa shape index (κ1) is 33.0. The van der Waals surface area contributed by atoms with Crippen LogP contribution in [0.4, 0.5) is 4.79 Å². The average molecular weight is 626 g/mol. The van der Waals surface area contributed by atoms with Crippen molar-refractivity contribution in [3.63, 3.8) is 0 Å². The first-order valence-corrected chi connectivity index (χ1v) is 14.3. The zero-order chi connectivity index (χ0) is 25.8. The van der Waals surface area contributed by atoms with Gasteiger partial charge in [0.2, 0.25) is 0 Å². The van der Waals surface area contributed by atoms with Crippen LogP contribution in [0.25, 0.3) is 0 Å². The van der Waals surface area contributed by atoms with E-state index in [-0.39, 0.29) is 6.61 Å². The zero-order valence-electron chi connectivity index (χ0n) is 21.5. The van der Waals surface area contributed by atoms with E-state index < -0.39 is 6.09 Å². The summed E-state index contributed by atoms with van der Waals surface area (Å²) in [7, 11) is 0. The van der Waals surface area contributed by atoms with E-state index in [0.29, 0.717) is 79.2 Å². The molecule has 0 saturated heterocycles. The van der Waals surface area contributed by atoms with Crippen LogP contribution in [0.1, 0.15) is 31.2 Å². The van der Waals surface area contributed by atoms with Crippen LogP contribution >= 0.6 is 22.6 Å². The standard InChI is InChI=1S/C26H44INO8/c27-10-6-1-2-7-12-30-14-16-32-18-20-34-22-23-35-21-19-33-17-15-31-13-11-28-26(29)36-24-25-8-4-3-5-9-25/h3-5,8-9H,1-2,6-7,10-24H2,(H,28,29). The molecule has 1 N–H and O–H groups in total. The number of hydrogen-bond donors (Lipinski definition) is 1. The summed E-state index contributed by atoms with van der Waals surface area (Å²) < 4.78 is 39.1. The van der Waals surface area contributed by atoms with Crippen LogP contribution in [0.15, 0.2) is 30.3 Å². The number of alkyl halides is 1. The normalized spacial score (nSPS) is 11.0. The summed E-state index contributed by atoms with van der Waals surface area (Å²) >= 11 is 2.42. The van der Waals surface area contributed by atoms with Crippen LogP contribution in [-0.4, -0.2) is 96.3 Å². The van der Waals surface area contributed by atoms with Gasteiger partial charge in [0.05, 0.1) is 72.7 Å². The van der Waals surface area contributed by atoms with Crippen molar-refractivity contribution in [3.05, 3.63) is 35.9 Å². The topological polar surface area (TPSA) is 93.7 Å².